The molecule has 0 amide bonds. The van der Waals surface area contributed by atoms with Crippen LogP contribution in [0.15, 0.2) is 0 Å². The first-order valence-electron chi connectivity index (χ1n) is 8.43. The average molecular weight is 271 g/mol. The summed E-state index contributed by atoms with van der Waals surface area (Å²) in [5, 5.41) is 0. The molecule has 0 radical (unpaired) electrons. The smallest absolute Gasteiger partial charge is 0.00188 e. The van der Waals surface area contributed by atoms with Gasteiger partial charge in [-0.1, -0.05) is 41.5 Å². The first-order valence-corrected chi connectivity index (χ1v) is 8.43. The minimum Gasteiger partial charge on any atom is -0.304 e. The summed E-state index contributed by atoms with van der Waals surface area (Å²) in [7, 11) is 0. The monoisotopic (exact) mass is 270 g/mol. The van der Waals surface area contributed by atoms with Crippen LogP contribution in [0.25, 0.3) is 0 Å². The second kappa shape index (κ2) is 10.7. The molecule has 2 nitrogen and oxygen atoms in total. The zero-order valence-corrected chi connectivity index (χ0v) is 14.5. The van der Waals surface area contributed by atoms with Crippen molar-refractivity contribution in [3.8, 4) is 0 Å². The minimum absolute atomic E-state index is 0.514. The van der Waals surface area contributed by atoms with Gasteiger partial charge in [0.2, 0.25) is 0 Å². The summed E-state index contributed by atoms with van der Waals surface area (Å²) < 4.78 is 0. The summed E-state index contributed by atoms with van der Waals surface area (Å²) in [6, 6.07) is 0. The van der Waals surface area contributed by atoms with Crippen molar-refractivity contribution in [2.75, 3.05) is 39.3 Å². The SMILES string of the molecule is CCN(CC)CCCC(C)(C)CCCN(CC)CC. The molecule has 0 rings (SSSR count). The highest BCUT2D eigenvalue weighted by atomic mass is 15.1. The maximum absolute atomic E-state index is 2.53. The molecule has 0 aliphatic heterocycles. The molecule has 0 aliphatic rings. The Morgan fingerprint density at radius 3 is 1.21 bits per heavy atom. The second-order valence-electron chi connectivity index (χ2n) is 6.43. The van der Waals surface area contributed by atoms with Crippen LogP contribution >= 0.6 is 0 Å². The predicted molar refractivity (Wildman–Crippen MR) is 87.8 cm³/mol. The molecule has 116 valence electrons. The Labute approximate surface area is 122 Å². The number of hydrogen-bond acceptors (Lipinski definition) is 2. The molecular formula is C17H38N2. The van der Waals surface area contributed by atoms with Gasteiger partial charge >= 0.3 is 0 Å². The fourth-order valence-corrected chi connectivity index (χ4v) is 2.77. The van der Waals surface area contributed by atoms with E-state index in [1.807, 2.05) is 0 Å². The van der Waals surface area contributed by atoms with Gasteiger partial charge in [0.25, 0.3) is 0 Å². The zero-order valence-electron chi connectivity index (χ0n) is 14.5. The van der Waals surface area contributed by atoms with Crippen molar-refractivity contribution >= 4 is 0 Å². The fourth-order valence-electron chi connectivity index (χ4n) is 2.77. The molecular weight excluding hydrogens is 232 g/mol. The third kappa shape index (κ3) is 9.45. The van der Waals surface area contributed by atoms with Gasteiger partial charge in [-0.05, 0) is 70.4 Å². The van der Waals surface area contributed by atoms with E-state index in [1.54, 1.807) is 0 Å². The van der Waals surface area contributed by atoms with Gasteiger partial charge in [0.05, 0.1) is 0 Å². The zero-order chi connectivity index (χ0) is 14.7. The van der Waals surface area contributed by atoms with Crippen LogP contribution in [0.4, 0.5) is 0 Å². The molecule has 0 aromatic rings. The van der Waals surface area contributed by atoms with Crippen LogP contribution in [0, 0.1) is 5.41 Å². The average Bonchev–Trinajstić information content (AvgIpc) is 2.39. The fraction of sp³-hybridized carbons (Fsp3) is 1.00. The highest BCUT2D eigenvalue weighted by Gasteiger charge is 2.17. The molecule has 0 atom stereocenters. The van der Waals surface area contributed by atoms with E-state index in [0.29, 0.717) is 5.41 Å². The standard InChI is InChI=1S/C17H38N2/c1-7-18(8-2)15-11-13-17(5,6)14-12-16-19(9-3)10-4/h7-16H2,1-6H3. The molecule has 0 N–H and O–H groups in total. The number of nitrogens with zero attached hydrogens (tertiary/aromatic N) is 2. The first-order chi connectivity index (χ1) is 8.99. The Bertz CT molecular complexity index is 173. The van der Waals surface area contributed by atoms with Crippen LogP contribution < -0.4 is 0 Å². The van der Waals surface area contributed by atoms with Crippen molar-refractivity contribution < 1.29 is 0 Å². The molecule has 0 saturated carbocycles. The van der Waals surface area contributed by atoms with Gasteiger partial charge in [-0.15, -0.1) is 0 Å². The lowest BCUT2D eigenvalue weighted by atomic mass is 9.83. The molecule has 19 heavy (non-hydrogen) atoms. The van der Waals surface area contributed by atoms with Crippen molar-refractivity contribution in [3.05, 3.63) is 0 Å². The predicted octanol–water partition coefficient (Wildman–Crippen LogP) is 4.26. The molecule has 0 bridgehead atoms. The Morgan fingerprint density at radius 2 is 0.947 bits per heavy atom. The van der Waals surface area contributed by atoms with E-state index in [2.05, 4.69) is 51.3 Å². The van der Waals surface area contributed by atoms with E-state index in [9.17, 15) is 0 Å². The van der Waals surface area contributed by atoms with E-state index >= 15 is 0 Å². The normalized spacial score (nSPS) is 12.6. The Hall–Kier alpha value is -0.0800. The highest BCUT2D eigenvalue weighted by Crippen LogP contribution is 2.28. The highest BCUT2D eigenvalue weighted by molar-refractivity contribution is 4.70. The largest absolute Gasteiger partial charge is 0.304 e. The van der Waals surface area contributed by atoms with Crippen LogP contribution in [-0.4, -0.2) is 49.1 Å². The van der Waals surface area contributed by atoms with Crippen molar-refractivity contribution in [2.24, 2.45) is 5.41 Å². The molecule has 0 fully saturated rings. The van der Waals surface area contributed by atoms with Crippen LogP contribution in [0.3, 0.4) is 0 Å². The first kappa shape index (κ1) is 18.9. The van der Waals surface area contributed by atoms with Crippen LogP contribution in [0.5, 0.6) is 0 Å². The van der Waals surface area contributed by atoms with Gasteiger partial charge in [-0.2, -0.15) is 0 Å². The lowest BCUT2D eigenvalue weighted by Gasteiger charge is -2.28. The van der Waals surface area contributed by atoms with E-state index < -0.39 is 0 Å². The molecule has 0 heterocycles. The van der Waals surface area contributed by atoms with E-state index in [4.69, 9.17) is 0 Å². The maximum Gasteiger partial charge on any atom is -0.00188 e. The summed E-state index contributed by atoms with van der Waals surface area (Å²) in [4.78, 5) is 5.07. The van der Waals surface area contributed by atoms with Crippen molar-refractivity contribution in [3.63, 3.8) is 0 Å². The molecule has 0 saturated heterocycles. The van der Waals surface area contributed by atoms with Crippen molar-refractivity contribution in [2.45, 2.75) is 67.2 Å². The lowest BCUT2D eigenvalue weighted by molar-refractivity contribution is 0.225. The Balaban J connectivity index is 3.79. The van der Waals surface area contributed by atoms with Crippen LogP contribution in [-0.2, 0) is 0 Å². The minimum atomic E-state index is 0.514. The Kier molecular flexibility index (Phi) is 10.6. The summed E-state index contributed by atoms with van der Waals surface area (Å²) in [6.45, 7) is 21.2. The quantitative estimate of drug-likeness (QED) is 0.523. The molecule has 0 unspecified atom stereocenters. The molecule has 0 aromatic carbocycles. The van der Waals surface area contributed by atoms with Crippen molar-refractivity contribution in [1.82, 2.24) is 9.80 Å². The van der Waals surface area contributed by atoms with E-state index in [1.165, 1.54) is 65.0 Å². The van der Waals surface area contributed by atoms with Crippen LogP contribution in [0.1, 0.15) is 67.2 Å². The summed E-state index contributed by atoms with van der Waals surface area (Å²) in [5.41, 5.74) is 0.514. The number of hydrogen-bond donors (Lipinski definition) is 0. The molecule has 0 aromatic heterocycles. The van der Waals surface area contributed by atoms with Gasteiger partial charge in [0, 0.05) is 0 Å². The maximum atomic E-state index is 2.53. The Morgan fingerprint density at radius 1 is 0.632 bits per heavy atom. The van der Waals surface area contributed by atoms with Gasteiger partial charge in [0.15, 0.2) is 0 Å². The van der Waals surface area contributed by atoms with E-state index in [-0.39, 0.29) is 0 Å². The summed E-state index contributed by atoms with van der Waals surface area (Å²) >= 11 is 0. The van der Waals surface area contributed by atoms with Crippen molar-refractivity contribution in [1.29, 1.82) is 0 Å². The second-order valence-corrected chi connectivity index (χ2v) is 6.43. The van der Waals surface area contributed by atoms with Gasteiger partial charge in [-0.25, -0.2) is 0 Å². The van der Waals surface area contributed by atoms with E-state index in [0.717, 1.165) is 0 Å². The lowest BCUT2D eigenvalue weighted by Crippen LogP contribution is -2.27. The third-order valence-electron chi connectivity index (χ3n) is 4.44. The molecule has 2 heteroatoms. The topological polar surface area (TPSA) is 6.48 Å². The third-order valence-corrected chi connectivity index (χ3v) is 4.44. The van der Waals surface area contributed by atoms with Crippen LogP contribution in [0.2, 0.25) is 0 Å². The summed E-state index contributed by atoms with van der Waals surface area (Å²) in [6.07, 6.45) is 5.42. The van der Waals surface area contributed by atoms with Gasteiger partial charge in [-0.3, -0.25) is 0 Å². The van der Waals surface area contributed by atoms with Gasteiger partial charge < -0.3 is 9.80 Å². The molecule has 0 aliphatic carbocycles. The number of rotatable bonds is 12. The summed E-state index contributed by atoms with van der Waals surface area (Å²) in [5.74, 6) is 0. The van der Waals surface area contributed by atoms with Gasteiger partial charge in [0.1, 0.15) is 0 Å². The molecule has 0 spiro atoms.